The second kappa shape index (κ2) is 8.13. The fourth-order valence-electron chi connectivity index (χ4n) is 2.42. The van der Waals surface area contributed by atoms with Crippen LogP contribution in [0.1, 0.15) is 11.5 Å². The van der Waals surface area contributed by atoms with Crippen molar-refractivity contribution in [3.05, 3.63) is 29.7 Å². The first-order valence-electron chi connectivity index (χ1n) is 8.00. The van der Waals surface area contributed by atoms with E-state index in [1.807, 2.05) is 19.1 Å². The molecule has 3 rings (SSSR count). The predicted octanol–water partition coefficient (Wildman–Crippen LogP) is 1.71. The van der Waals surface area contributed by atoms with Crippen molar-refractivity contribution >= 4 is 29.1 Å². The van der Waals surface area contributed by atoms with Crippen molar-refractivity contribution in [2.75, 3.05) is 43.6 Å². The van der Waals surface area contributed by atoms with Crippen LogP contribution in [-0.2, 0) is 11.3 Å². The fourth-order valence-corrected chi connectivity index (χ4v) is 2.58. The van der Waals surface area contributed by atoms with Crippen LogP contribution < -0.4 is 20.3 Å². The van der Waals surface area contributed by atoms with E-state index in [1.165, 1.54) is 0 Å². The lowest BCUT2D eigenvalue weighted by Gasteiger charge is -2.28. The molecule has 0 bridgehead atoms. The Hall–Kier alpha value is -2.39. The molecule has 0 saturated carbocycles. The SMILES string of the molecule is COc1cc(N2CCOCC2)nc(NC(=S)NCc2ccc(C)o2)n1. The van der Waals surface area contributed by atoms with E-state index < -0.39 is 0 Å². The Kier molecular flexibility index (Phi) is 5.67. The van der Waals surface area contributed by atoms with Gasteiger partial charge in [0.15, 0.2) is 5.11 Å². The van der Waals surface area contributed by atoms with Crippen molar-refractivity contribution in [2.24, 2.45) is 0 Å². The van der Waals surface area contributed by atoms with Crippen LogP contribution in [0.5, 0.6) is 5.88 Å². The minimum absolute atomic E-state index is 0.383. The van der Waals surface area contributed by atoms with Crippen LogP contribution >= 0.6 is 12.2 Å². The summed E-state index contributed by atoms with van der Waals surface area (Å²) in [7, 11) is 1.57. The molecule has 1 aliphatic heterocycles. The number of aromatic nitrogens is 2. The lowest BCUT2D eigenvalue weighted by molar-refractivity contribution is 0.122. The van der Waals surface area contributed by atoms with Gasteiger partial charge in [0.25, 0.3) is 0 Å². The minimum Gasteiger partial charge on any atom is -0.481 e. The first kappa shape index (κ1) is 17.4. The Morgan fingerprint density at radius 1 is 1.32 bits per heavy atom. The summed E-state index contributed by atoms with van der Waals surface area (Å²) in [5.74, 6) is 3.31. The maximum absolute atomic E-state index is 5.50. The molecule has 0 aliphatic carbocycles. The van der Waals surface area contributed by atoms with Crippen molar-refractivity contribution < 1.29 is 13.9 Å². The molecule has 0 amide bonds. The van der Waals surface area contributed by atoms with Crippen molar-refractivity contribution in [1.82, 2.24) is 15.3 Å². The fraction of sp³-hybridized carbons (Fsp3) is 0.438. The molecule has 1 fully saturated rings. The summed E-state index contributed by atoms with van der Waals surface area (Å²) in [4.78, 5) is 10.9. The molecule has 3 heterocycles. The Morgan fingerprint density at radius 3 is 2.80 bits per heavy atom. The highest BCUT2D eigenvalue weighted by molar-refractivity contribution is 7.80. The van der Waals surface area contributed by atoms with E-state index in [4.69, 9.17) is 26.1 Å². The molecule has 134 valence electrons. The summed E-state index contributed by atoms with van der Waals surface area (Å²) in [5.41, 5.74) is 0. The molecule has 1 aliphatic rings. The lowest BCUT2D eigenvalue weighted by Crippen LogP contribution is -2.37. The van der Waals surface area contributed by atoms with E-state index in [1.54, 1.807) is 13.2 Å². The highest BCUT2D eigenvalue weighted by Gasteiger charge is 2.15. The van der Waals surface area contributed by atoms with E-state index in [0.717, 1.165) is 30.4 Å². The maximum Gasteiger partial charge on any atom is 0.234 e. The Labute approximate surface area is 151 Å². The van der Waals surface area contributed by atoms with Crippen LogP contribution in [-0.4, -0.2) is 48.5 Å². The molecule has 0 unspecified atom stereocenters. The number of rotatable bonds is 5. The van der Waals surface area contributed by atoms with Crippen LogP contribution in [0.3, 0.4) is 0 Å². The number of hydrogen-bond donors (Lipinski definition) is 2. The average molecular weight is 363 g/mol. The number of morpholine rings is 1. The van der Waals surface area contributed by atoms with Crippen molar-refractivity contribution in [1.29, 1.82) is 0 Å². The molecule has 0 aromatic carbocycles. The van der Waals surface area contributed by atoms with Gasteiger partial charge in [0.05, 0.1) is 26.9 Å². The van der Waals surface area contributed by atoms with Gasteiger partial charge in [0.2, 0.25) is 11.8 Å². The summed E-state index contributed by atoms with van der Waals surface area (Å²) in [6.07, 6.45) is 0. The van der Waals surface area contributed by atoms with Crippen molar-refractivity contribution in [3.8, 4) is 5.88 Å². The molecule has 0 atom stereocenters. The number of ether oxygens (including phenoxy) is 2. The van der Waals surface area contributed by atoms with E-state index >= 15 is 0 Å². The van der Waals surface area contributed by atoms with Crippen molar-refractivity contribution in [3.63, 3.8) is 0 Å². The third-order valence-electron chi connectivity index (χ3n) is 3.68. The maximum atomic E-state index is 5.50. The zero-order chi connectivity index (χ0) is 17.6. The van der Waals surface area contributed by atoms with Crippen molar-refractivity contribution in [2.45, 2.75) is 13.5 Å². The number of methoxy groups -OCH3 is 1. The van der Waals surface area contributed by atoms with Gasteiger partial charge in [-0.25, -0.2) is 0 Å². The van der Waals surface area contributed by atoms with Gasteiger partial charge in [-0.15, -0.1) is 0 Å². The lowest BCUT2D eigenvalue weighted by atomic mass is 10.4. The van der Waals surface area contributed by atoms with Gasteiger partial charge in [0.1, 0.15) is 17.3 Å². The van der Waals surface area contributed by atoms with E-state index in [-0.39, 0.29) is 0 Å². The Bertz CT molecular complexity index is 730. The monoisotopic (exact) mass is 363 g/mol. The quantitative estimate of drug-likeness (QED) is 0.771. The number of hydrogen-bond acceptors (Lipinski definition) is 7. The molecule has 8 nitrogen and oxygen atoms in total. The minimum atomic E-state index is 0.383. The van der Waals surface area contributed by atoms with E-state index in [2.05, 4.69) is 25.5 Å². The number of aryl methyl sites for hydroxylation is 1. The number of thiocarbonyl (C=S) groups is 1. The van der Waals surface area contributed by atoms with Crippen LogP contribution in [0.15, 0.2) is 22.6 Å². The first-order chi connectivity index (χ1) is 12.1. The highest BCUT2D eigenvalue weighted by atomic mass is 32.1. The van der Waals surface area contributed by atoms with Crippen LogP contribution in [0.2, 0.25) is 0 Å². The molecule has 0 spiro atoms. The summed E-state index contributed by atoms with van der Waals surface area (Å²) in [6, 6.07) is 5.62. The van der Waals surface area contributed by atoms with Gasteiger partial charge < -0.3 is 29.4 Å². The number of furan rings is 1. The average Bonchev–Trinajstić information content (AvgIpc) is 3.06. The van der Waals surface area contributed by atoms with Gasteiger partial charge in [-0.1, -0.05) is 0 Å². The molecule has 9 heteroatoms. The van der Waals surface area contributed by atoms with Gasteiger partial charge in [0, 0.05) is 19.2 Å². The molecule has 25 heavy (non-hydrogen) atoms. The third-order valence-corrected chi connectivity index (χ3v) is 3.92. The third kappa shape index (κ3) is 4.80. The number of anilines is 2. The van der Waals surface area contributed by atoms with Crippen LogP contribution in [0, 0.1) is 6.92 Å². The first-order valence-corrected chi connectivity index (χ1v) is 8.41. The van der Waals surface area contributed by atoms with Gasteiger partial charge in [-0.05, 0) is 31.3 Å². The zero-order valence-electron chi connectivity index (χ0n) is 14.2. The van der Waals surface area contributed by atoms with Gasteiger partial charge >= 0.3 is 0 Å². The predicted molar refractivity (Wildman–Crippen MR) is 98.1 cm³/mol. The topological polar surface area (TPSA) is 84.7 Å². The standard InChI is InChI=1S/C16H21N5O3S/c1-11-3-4-12(24-11)10-17-16(25)20-15-18-13(9-14(19-15)22-2)21-5-7-23-8-6-21/h3-4,9H,5-8,10H2,1-2H3,(H2,17,18,19,20,25). The Balaban J connectivity index is 1.64. The smallest absolute Gasteiger partial charge is 0.234 e. The molecule has 1 saturated heterocycles. The molecular formula is C16H21N5O3S. The molecule has 0 radical (unpaired) electrons. The van der Waals surface area contributed by atoms with E-state index in [0.29, 0.717) is 36.7 Å². The summed E-state index contributed by atoms with van der Waals surface area (Å²) in [6.45, 7) is 5.30. The molecular weight excluding hydrogens is 342 g/mol. The van der Waals surface area contributed by atoms with E-state index in [9.17, 15) is 0 Å². The number of nitrogens with zero attached hydrogens (tertiary/aromatic N) is 3. The largest absolute Gasteiger partial charge is 0.481 e. The molecule has 2 aromatic rings. The summed E-state index contributed by atoms with van der Waals surface area (Å²) < 4.78 is 16.1. The molecule has 2 N–H and O–H groups in total. The summed E-state index contributed by atoms with van der Waals surface area (Å²) in [5, 5.41) is 6.47. The zero-order valence-corrected chi connectivity index (χ0v) is 15.1. The summed E-state index contributed by atoms with van der Waals surface area (Å²) >= 11 is 5.30. The number of nitrogens with one attached hydrogen (secondary N) is 2. The highest BCUT2D eigenvalue weighted by Crippen LogP contribution is 2.20. The molecule has 2 aromatic heterocycles. The van der Waals surface area contributed by atoms with Gasteiger partial charge in [-0.3, -0.25) is 0 Å². The Morgan fingerprint density at radius 2 is 2.12 bits per heavy atom. The van der Waals surface area contributed by atoms with Crippen LogP contribution in [0.4, 0.5) is 11.8 Å². The normalized spacial score (nSPS) is 14.2. The second-order valence-corrected chi connectivity index (χ2v) is 5.92. The van der Waals surface area contributed by atoms with Gasteiger partial charge in [-0.2, -0.15) is 9.97 Å². The second-order valence-electron chi connectivity index (χ2n) is 5.51. The van der Waals surface area contributed by atoms with Crippen LogP contribution in [0.25, 0.3) is 0 Å².